The minimum Gasteiger partial charge on any atom is -0.383 e. The van der Waals surface area contributed by atoms with Gasteiger partial charge in [0.05, 0.1) is 11.5 Å². The highest BCUT2D eigenvalue weighted by molar-refractivity contribution is 7.89. The van der Waals surface area contributed by atoms with Crippen LogP contribution in [0.25, 0.3) is 0 Å². The van der Waals surface area contributed by atoms with Crippen LogP contribution >= 0.6 is 0 Å². The predicted molar refractivity (Wildman–Crippen MR) is 113 cm³/mol. The third-order valence-electron chi connectivity index (χ3n) is 5.85. The van der Waals surface area contributed by atoms with Gasteiger partial charge >= 0.3 is 0 Å². The van der Waals surface area contributed by atoms with Crippen LogP contribution in [0.5, 0.6) is 0 Å². The Morgan fingerprint density at radius 1 is 1.10 bits per heavy atom. The van der Waals surface area contributed by atoms with E-state index in [1.807, 2.05) is 4.90 Å². The zero-order valence-corrected chi connectivity index (χ0v) is 18.3. The summed E-state index contributed by atoms with van der Waals surface area (Å²) >= 11 is 0. The SMILES string of the molecule is COCCNS(=O)(=O)c1cccc(C(=O)N2CCN(C(=O)CC3CCCC3)CC2)c1. The summed E-state index contributed by atoms with van der Waals surface area (Å²) in [5.74, 6) is 0.482. The highest BCUT2D eigenvalue weighted by atomic mass is 32.2. The molecule has 1 N–H and O–H groups in total. The average Bonchev–Trinajstić information content (AvgIpc) is 3.26. The largest absolute Gasteiger partial charge is 0.383 e. The van der Waals surface area contributed by atoms with Gasteiger partial charge in [-0.2, -0.15) is 0 Å². The lowest BCUT2D eigenvalue weighted by atomic mass is 10.0. The topological polar surface area (TPSA) is 96.0 Å². The molecule has 1 saturated heterocycles. The molecule has 166 valence electrons. The van der Waals surface area contributed by atoms with Gasteiger partial charge in [-0.3, -0.25) is 9.59 Å². The molecule has 2 amide bonds. The first-order valence-corrected chi connectivity index (χ1v) is 12.0. The lowest BCUT2D eigenvalue weighted by Gasteiger charge is -2.35. The number of amides is 2. The van der Waals surface area contributed by atoms with Crippen LogP contribution in [-0.2, 0) is 19.6 Å². The van der Waals surface area contributed by atoms with Crippen LogP contribution in [0.3, 0.4) is 0 Å². The van der Waals surface area contributed by atoms with E-state index in [1.54, 1.807) is 17.0 Å². The van der Waals surface area contributed by atoms with Gasteiger partial charge < -0.3 is 14.5 Å². The number of carbonyl (C=O) groups is 2. The molecule has 1 aromatic carbocycles. The first-order chi connectivity index (χ1) is 14.4. The summed E-state index contributed by atoms with van der Waals surface area (Å²) in [5.41, 5.74) is 0.329. The highest BCUT2D eigenvalue weighted by Crippen LogP contribution is 2.28. The van der Waals surface area contributed by atoms with Crippen LogP contribution in [0.1, 0.15) is 42.5 Å². The van der Waals surface area contributed by atoms with Crippen LogP contribution in [0.15, 0.2) is 29.2 Å². The number of methoxy groups -OCH3 is 1. The van der Waals surface area contributed by atoms with E-state index in [2.05, 4.69) is 4.72 Å². The Morgan fingerprint density at radius 3 is 2.43 bits per heavy atom. The third-order valence-corrected chi connectivity index (χ3v) is 7.31. The maximum atomic E-state index is 12.9. The van der Waals surface area contributed by atoms with Crippen LogP contribution in [0.2, 0.25) is 0 Å². The Balaban J connectivity index is 1.56. The van der Waals surface area contributed by atoms with E-state index < -0.39 is 10.0 Å². The summed E-state index contributed by atoms with van der Waals surface area (Å²) in [4.78, 5) is 29.0. The first kappa shape index (κ1) is 22.7. The fourth-order valence-electron chi connectivity index (χ4n) is 4.09. The molecule has 0 spiro atoms. The molecular weight excluding hydrogens is 406 g/mol. The number of rotatable bonds is 8. The van der Waals surface area contributed by atoms with E-state index in [9.17, 15) is 18.0 Å². The van der Waals surface area contributed by atoms with Gasteiger partial charge in [-0.1, -0.05) is 18.9 Å². The monoisotopic (exact) mass is 437 g/mol. The fraction of sp³-hybridized carbons (Fsp3) is 0.619. The molecule has 1 aromatic rings. The molecular formula is C21H31N3O5S. The zero-order valence-electron chi connectivity index (χ0n) is 17.5. The molecule has 1 aliphatic heterocycles. The van der Waals surface area contributed by atoms with E-state index >= 15 is 0 Å². The molecule has 2 fully saturated rings. The second-order valence-electron chi connectivity index (χ2n) is 7.95. The van der Waals surface area contributed by atoms with Crippen molar-refractivity contribution in [2.45, 2.75) is 37.0 Å². The van der Waals surface area contributed by atoms with Crippen LogP contribution < -0.4 is 4.72 Å². The molecule has 30 heavy (non-hydrogen) atoms. The van der Waals surface area contributed by atoms with E-state index in [0.29, 0.717) is 44.1 Å². The maximum absolute atomic E-state index is 12.9. The van der Waals surface area contributed by atoms with Crippen molar-refractivity contribution < 1.29 is 22.7 Å². The summed E-state index contributed by atoms with van der Waals surface area (Å²) in [6.45, 7) is 2.38. The maximum Gasteiger partial charge on any atom is 0.254 e. The molecule has 2 aliphatic rings. The van der Waals surface area contributed by atoms with Gasteiger partial charge in [0.2, 0.25) is 15.9 Å². The van der Waals surface area contributed by atoms with Crippen LogP contribution in [0, 0.1) is 5.92 Å². The lowest BCUT2D eigenvalue weighted by Crippen LogP contribution is -2.50. The number of carbonyl (C=O) groups excluding carboxylic acids is 2. The molecule has 0 bridgehead atoms. The number of hydrogen-bond acceptors (Lipinski definition) is 5. The van der Waals surface area contributed by atoms with Gasteiger partial charge in [-0.25, -0.2) is 13.1 Å². The quantitative estimate of drug-likeness (QED) is 0.622. The molecule has 3 rings (SSSR count). The van der Waals surface area contributed by atoms with E-state index in [4.69, 9.17) is 4.74 Å². The average molecular weight is 438 g/mol. The minimum atomic E-state index is -3.70. The second kappa shape index (κ2) is 10.4. The van der Waals surface area contributed by atoms with Gasteiger partial charge in [-0.05, 0) is 37.0 Å². The van der Waals surface area contributed by atoms with Crippen molar-refractivity contribution >= 4 is 21.8 Å². The third kappa shape index (κ3) is 5.80. The van der Waals surface area contributed by atoms with Gasteiger partial charge in [0.25, 0.3) is 5.91 Å². The van der Waals surface area contributed by atoms with Crippen LogP contribution in [-0.4, -0.2) is 76.5 Å². The van der Waals surface area contributed by atoms with Crippen molar-refractivity contribution in [2.24, 2.45) is 5.92 Å². The fourth-order valence-corrected chi connectivity index (χ4v) is 5.15. The van der Waals surface area contributed by atoms with E-state index in [0.717, 1.165) is 12.8 Å². The minimum absolute atomic E-state index is 0.0508. The zero-order chi connectivity index (χ0) is 21.6. The van der Waals surface area contributed by atoms with Gasteiger partial charge in [-0.15, -0.1) is 0 Å². The summed E-state index contributed by atoms with van der Waals surface area (Å²) in [6.07, 6.45) is 5.34. The molecule has 1 saturated carbocycles. The van der Waals surface area contributed by atoms with Crippen molar-refractivity contribution in [2.75, 3.05) is 46.4 Å². The number of nitrogens with zero attached hydrogens (tertiary/aromatic N) is 2. The Bertz CT molecular complexity index is 844. The first-order valence-electron chi connectivity index (χ1n) is 10.6. The Labute approximate surface area is 178 Å². The standard InChI is InChI=1S/C21H31N3O5S/c1-29-14-9-22-30(27,28)19-8-4-7-18(16-19)21(26)24-12-10-23(11-13-24)20(25)15-17-5-2-3-6-17/h4,7-8,16-17,22H,2-3,5-6,9-15H2,1H3. The molecule has 0 unspecified atom stereocenters. The molecule has 0 aromatic heterocycles. The number of benzene rings is 1. The highest BCUT2D eigenvalue weighted by Gasteiger charge is 2.27. The van der Waals surface area contributed by atoms with Gasteiger partial charge in [0.15, 0.2) is 0 Å². The summed E-state index contributed by atoms with van der Waals surface area (Å²) in [5, 5.41) is 0. The van der Waals surface area contributed by atoms with E-state index in [1.165, 1.54) is 32.1 Å². The van der Waals surface area contributed by atoms with Crippen molar-refractivity contribution in [3.8, 4) is 0 Å². The summed E-state index contributed by atoms with van der Waals surface area (Å²) in [7, 11) is -2.21. The summed E-state index contributed by atoms with van der Waals surface area (Å²) < 4.78 is 32.1. The van der Waals surface area contributed by atoms with Crippen molar-refractivity contribution in [3.05, 3.63) is 29.8 Å². The normalized spacial score (nSPS) is 18.0. The smallest absolute Gasteiger partial charge is 0.254 e. The van der Waals surface area contributed by atoms with Gasteiger partial charge in [0, 0.05) is 51.8 Å². The molecule has 0 radical (unpaired) electrons. The Kier molecular flexibility index (Phi) is 7.85. The lowest BCUT2D eigenvalue weighted by molar-refractivity contribution is -0.133. The number of piperazine rings is 1. The summed E-state index contributed by atoms with van der Waals surface area (Å²) in [6, 6.07) is 6.05. The molecule has 9 heteroatoms. The molecule has 8 nitrogen and oxygen atoms in total. The molecule has 1 heterocycles. The Hall–Kier alpha value is -1.97. The predicted octanol–water partition coefficient (Wildman–Crippen LogP) is 1.48. The molecule has 1 aliphatic carbocycles. The Morgan fingerprint density at radius 2 is 1.77 bits per heavy atom. The molecule has 0 atom stereocenters. The van der Waals surface area contributed by atoms with Crippen molar-refractivity contribution in [1.29, 1.82) is 0 Å². The van der Waals surface area contributed by atoms with E-state index in [-0.39, 0.29) is 29.9 Å². The van der Waals surface area contributed by atoms with Gasteiger partial charge in [0.1, 0.15) is 0 Å². The van der Waals surface area contributed by atoms with Crippen molar-refractivity contribution in [3.63, 3.8) is 0 Å². The number of nitrogens with one attached hydrogen (secondary N) is 1. The van der Waals surface area contributed by atoms with Crippen molar-refractivity contribution in [1.82, 2.24) is 14.5 Å². The van der Waals surface area contributed by atoms with Crippen LogP contribution in [0.4, 0.5) is 0 Å². The number of hydrogen-bond donors (Lipinski definition) is 1. The number of sulfonamides is 1. The second-order valence-corrected chi connectivity index (χ2v) is 9.71. The number of ether oxygens (including phenoxy) is 1.